The normalized spacial score (nSPS) is 11.8. The van der Waals surface area contributed by atoms with Crippen molar-refractivity contribution in [2.75, 3.05) is 7.11 Å². The van der Waals surface area contributed by atoms with Crippen LogP contribution in [0.3, 0.4) is 0 Å². The van der Waals surface area contributed by atoms with Gasteiger partial charge in [0.05, 0.1) is 7.11 Å². The van der Waals surface area contributed by atoms with E-state index >= 15 is 0 Å². The molecule has 0 saturated carbocycles. The van der Waals surface area contributed by atoms with Gasteiger partial charge < -0.3 is 15.8 Å². The highest BCUT2D eigenvalue weighted by Crippen LogP contribution is 2.14. The van der Waals surface area contributed by atoms with Crippen molar-refractivity contribution in [3.63, 3.8) is 0 Å². The van der Waals surface area contributed by atoms with Crippen LogP contribution in [0, 0.1) is 6.92 Å². The van der Waals surface area contributed by atoms with Crippen LogP contribution in [-0.2, 0) is 11.3 Å². The maximum absolute atomic E-state index is 12.1. The van der Waals surface area contributed by atoms with Gasteiger partial charge in [0.25, 0.3) is 0 Å². The Kier molecular flexibility index (Phi) is 4.95. The van der Waals surface area contributed by atoms with E-state index in [1.165, 1.54) is 0 Å². The first kappa shape index (κ1) is 15.1. The number of nitrogens with two attached hydrogens (primary N) is 1. The molecule has 1 amide bonds. The predicted molar refractivity (Wildman–Crippen MR) is 82.9 cm³/mol. The first-order chi connectivity index (χ1) is 10.1. The molecule has 4 heteroatoms. The monoisotopic (exact) mass is 284 g/mol. The highest BCUT2D eigenvalue weighted by molar-refractivity contribution is 5.82. The minimum Gasteiger partial charge on any atom is -0.497 e. The summed E-state index contributed by atoms with van der Waals surface area (Å²) >= 11 is 0. The van der Waals surface area contributed by atoms with Crippen LogP contribution in [-0.4, -0.2) is 13.0 Å². The van der Waals surface area contributed by atoms with E-state index in [1.54, 1.807) is 7.11 Å². The number of hydrogen-bond acceptors (Lipinski definition) is 3. The SMILES string of the molecule is COc1cccc(CNC(=O)C(N)c2ccc(C)cc2)c1. The average molecular weight is 284 g/mol. The Morgan fingerprint density at radius 2 is 1.95 bits per heavy atom. The number of methoxy groups -OCH3 is 1. The van der Waals surface area contributed by atoms with Gasteiger partial charge in [0.1, 0.15) is 11.8 Å². The Morgan fingerprint density at radius 3 is 2.62 bits per heavy atom. The quantitative estimate of drug-likeness (QED) is 0.885. The second kappa shape index (κ2) is 6.90. The third kappa shape index (κ3) is 4.07. The molecule has 0 aliphatic rings. The highest BCUT2D eigenvalue weighted by Gasteiger charge is 2.15. The molecule has 1 unspecified atom stereocenters. The van der Waals surface area contributed by atoms with Crippen LogP contribution in [0.25, 0.3) is 0 Å². The summed E-state index contributed by atoms with van der Waals surface area (Å²) in [4.78, 5) is 12.1. The summed E-state index contributed by atoms with van der Waals surface area (Å²) in [5, 5.41) is 2.84. The van der Waals surface area contributed by atoms with Crippen LogP contribution < -0.4 is 15.8 Å². The van der Waals surface area contributed by atoms with Crippen LogP contribution in [0.4, 0.5) is 0 Å². The Bertz CT molecular complexity index is 608. The number of benzene rings is 2. The lowest BCUT2D eigenvalue weighted by atomic mass is 10.1. The summed E-state index contributed by atoms with van der Waals surface area (Å²) in [7, 11) is 1.62. The number of amides is 1. The highest BCUT2D eigenvalue weighted by atomic mass is 16.5. The van der Waals surface area contributed by atoms with Gasteiger partial charge in [0.15, 0.2) is 0 Å². The summed E-state index contributed by atoms with van der Waals surface area (Å²) < 4.78 is 5.15. The molecule has 0 radical (unpaired) electrons. The van der Waals surface area contributed by atoms with Crippen LogP contribution in [0.15, 0.2) is 48.5 Å². The molecule has 2 aromatic carbocycles. The van der Waals surface area contributed by atoms with E-state index in [0.717, 1.165) is 22.4 Å². The second-order valence-electron chi connectivity index (χ2n) is 4.96. The summed E-state index contributed by atoms with van der Waals surface area (Å²) in [6.07, 6.45) is 0. The van der Waals surface area contributed by atoms with Gasteiger partial charge in [-0.25, -0.2) is 0 Å². The minimum atomic E-state index is -0.656. The fraction of sp³-hybridized carbons (Fsp3) is 0.235. The number of carbonyl (C=O) groups excluding carboxylic acids is 1. The van der Waals surface area contributed by atoms with Crippen molar-refractivity contribution in [2.45, 2.75) is 19.5 Å². The van der Waals surface area contributed by atoms with Crippen molar-refractivity contribution in [2.24, 2.45) is 5.73 Å². The average Bonchev–Trinajstić information content (AvgIpc) is 2.53. The molecule has 0 spiro atoms. The van der Waals surface area contributed by atoms with E-state index in [2.05, 4.69) is 5.32 Å². The van der Waals surface area contributed by atoms with E-state index in [1.807, 2.05) is 55.5 Å². The zero-order valence-electron chi connectivity index (χ0n) is 12.3. The van der Waals surface area contributed by atoms with E-state index < -0.39 is 6.04 Å². The van der Waals surface area contributed by atoms with Gasteiger partial charge in [0, 0.05) is 6.54 Å². The number of rotatable bonds is 5. The smallest absolute Gasteiger partial charge is 0.241 e. The number of aryl methyl sites for hydroxylation is 1. The standard InChI is InChI=1S/C17H20N2O2/c1-12-6-8-14(9-7-12)16(18)17(20)19-11-13-4-3-5-15(10-13)21-2/h3-10,16H,11,18H2,1-2H3,(H,19,20). The number of carbonyl (C=O) groups is 1. The molecule has 0 aliphatic heterocycles. The summed E-state index contributed by atoms with van der Waals surface area (Å²) in [5.41, 5.74) is 8.89. The van der Waals surface area contributed by atoms with Gasteiger partial charge in [-0.2, -0.15) is 0 Å². The molecule has 0 heterocycles. The van der Waals surface area contributed by atoms with Gasteiger partial charge in [-0.05, 0) is 30.2 Å². The van der Waals surface area contributed by atoms with Crippen molar-refractivity contribution < 1.29 is 9.53 Å². The molecule has 110 valence electrons. The fourth-order valence-corrected chi connectivity index (χ4v) is 2.01. The van der Waals surface area contributed by atoms with Crippen LogP contribution in [0.2, 0.25) is 0 Å². The minimum absolute atomic E-state index is 0.193. The van der Waals surface area contributed by atoms with Gasteiger partial charge in [-0.3, -0.25) is 4.79 Å². The Morgan fingerprint density at radius 1 is 1.24 bits per heavy atom. The van der Waals surface area contributed by atoms with Gasteiger partial charge in [0.2, 0.25) is 5.91 Å². The first-order valence-electron chi connectivity index (χ1n) is 6.83. The Balaban J connectivity index is 1.96. The van der Waals surface area contributed by atoms with Crippen LogP contribution in [0.5, 0.6) is 5.75 Å². The van der Waals surface area contributed by atoms with E-state index in [4.69, 9.17) is 10.5 Å². The zero-order chi connectivity index (χ0) is 15.2. The van der Waals surface area contributed by atoms with Gasteiger partial charge in [-0.15, -0.1) is 0 Å². The fourth-order valence-electron chi connectivity index (χ4n) is 2.01. The van der Waals surface area contributed by atoms with E-state index in [9.17, 15) is 4.79 Å². The second-order valence-corrected chi connectivity index (χ2v) is 4.96. The molecular formula is C17H20N2O2. The maximum Gasteiger partial charge on any atom is 0.241 e. The molecule has 2 aromatic rings. The van der Waals surface area contributed by atoms with Crippen LogP contribution >= 0.6 is 0 Å². The molecule has 0 fully saturated rings. The van der Waals surface area contributed by atoms with Crippen molar-refractivity contribution in [3.8, 4) is 5.75 Å². The molecular weight excluding hydrogens is 264 g/mol. The van der Waals surface area contributed by atoms with E-state index in [-0.39, 0.29) is 5.91 Å². The third-order valence-corrected chi connectivity index (χ3v) is 3.32. The lowest BCUT2D eigenvalue weighted by molar-refractivity contribution is -0.122. The molecule has 0 aromatic heterocycles. The lowest BCUT2D eigenvalue weighted by Crippen LogP contribution is -2.33. The van der Waals surface area contributed by atoms with Crippen molar-refractivity contribution >= 4 is 5.91 Å². The summed E-state index contributed by atoms with van der Waals surface area (Å²) in [5.74, 6) is 0.575. The molecule has 2 rings (SSSR count). The largest absolute Gasteiger partial charge is 0.497 e. The summed E-state index contributed by atoms with van der Waals surface area (Å²) in [6.45, 7) is 2.42. The number of hydrogen-bond donors (Lipinski definition) is 2. The van der Waals surface area contributed by atoms with Gasteiger partial charge in [-0.1, -0.05) is 42.0 Å². The number of ether oxygens (including phenoxy) is 1. The molecule has 3 N–H and O–H groups in total. The Hall–Kier alpha value is -2.33. The number of nitrogens with one attached hydrogen (secondary N) is 1. The molecule has 1 atom stereocenters. The molecule has 21 heavy (non-hydrogen) atoms. The maximum atomic E-state index is 12.1. The molecule has 0 aliphatic carbocycles. The third-order valence-electron chi connectivity index (χ3n) is 3.32. The summed E-state index contributed by atoms with van der Waals surface area (Å²) in [6, 6.07) is 14.6. The van der Waals surface area contributed by atoms with Crippen molar-refractivity contribution in [3.05, 3.63) is 65.2 Å². The van der Waals surface area contributed by atoms with Crippen molar-refractivity contribution in [1.29, 1.82) is 0 Å². The zero-order valence-corrected chi connectivity index (χ0v) is 12.3. The van der Waals surface area contributed by atoms with Crippen molar-refractivity contribution in [1.82, 2.24) is 5.32 Å². The lowest BCUT2D eigenvalue weighted by Gasteiger charge is -2.13. The molecule has 0 saturated heterocycles. The molecule has 4 nitrogen and oxygen atoms in total. The predicted octanol–water partition coefficient (Wildman–Crippen LogP) is 2.32. The Labute approximate surface area is 124 Å². The van der Waals surface area contributed by atoms with Gasteiger partial charge >= 0.3 is 0 Å². The van der Waals surface area contributed by atoms with Crippen LogP contribution in [0.1, 0.15) is 22.7 Å². The van der Waals surface area contributed by atoms with E-state index in [0.29, 0.717) is 6.54 Å². The molecule has 0 bridgehead atoms. The topological polar surface area (TPSA) is 64.3 Å². The first-order valence-corrected chi connectivity index (χ1v) is 6.83.